The van der Waals surface area contributed by atoms with Gasteiger partial charge in [0.2, 0.25) is 0 Å². The minimum Gasteiger partial charge on any atom is -0.445 e. The van der Waals surface area contributed by atoms with Crippen molar-refractivity contribution in [2.45, 2.75) is 19.3 Å². The molecule has 0 saturated heterocycles. The Morgan fingerprint density at radius 3 is 2.57 bits per heavy atom. The Bertz CT molecular complexity index is 777. The molecular weight excluding hydrogens is 315 g/mol. The van der Waals surface area contributed by atoms with E-state index in [4.69, 9.17) is 4.42 Å². The molecule has 0 aliphatic heterocycles. The van der Waals surface area contributed by atoms with Crippen LogP contribution in [0.2, 0.25) is 13.1 Å². The van der Waals surface area contributed by atoms with Crippen molar-refractivity contribution >= 4 is 41.2 Å². The van der Waals surface area contributed by atoms with Crippen LogP contribution in [0.4, 0.5) is 13.2 Å². The van der Waals surface area contributed by atoms with Crippen LogP contribution in [-0.4, -0.2) is 13.1 Å². The topological polar surface area (TPSA) is 26.0 Å². The molecule has 1 aromatic carbocycles. The van der Waals surface area contributed by atoms with Crippen LogP contribution in [0.1, 0.15) is 5.56 Å². The number of alkyl halides is 3. The van der Waals surface area contributed by atoms with Crippen LogP contribution in [-0.2, 0) is 6.18 Å². The number of fused-ring (bicyclic) bond motifs is 1. The fourth-order valence-corrected chi connectivity index (χ4v) is 5.66. The van der Waals surface area contributed by atoms with Crippen LogP contribution < -0.4 is 10.7 Å². The first-order valence-corrected chi connectivity index (χ1v) is 10.2. The van der Waals surface area contributed by atoms with Crippen molar-refractivity contribution in [3.63, 3.8) is 0 Å². The van der Waals surface area contributed by atoms with Crippen molar-refractivity contribution < 1.29 is 17.6 Å². The zero-order valence-electron chi connectivity index (χ0n) is 11.4. The molecule has 0 radical (unpaired) electrons. The molecule has 0 N–H and O–H groups in total. The van der Waals surface area contributed by atoms with Crippen molar-refractivity contribution in [1.29, 1.82) is 0 Å². The second-order valence-electron chi connectivity index (χ2n) is 5.34. The van der Waals surface area contributed by atoms with Gasteiger partial charge in [0.1, 0.15) is 5.52 Å². The SMILES string of the molecule is C[Si](C)(c1ccsc1)c1nc2ccc(C(F)(F)F)cc2o1. The van der Waals surface area contributed by atoms with E-state index in [2.05, 4.69) is 18.1 Å². The molecule has 21 heavy (non-hydrogen) atoms. The van der Waals surface area contributed by atoms with E-state index in [1.807, 2.05) is 16.8 Å². The Balaban J connectivity index is 2.10. The summed E-state index contributed by atoms with van der Waals surface area (Å²) in [5.74, 6) is 0. The fraction of sp³-hybridized carbons (Fsp3) is 0.214. The highest BCUT2D eigenvalue weighted by molar-refractivity contribution is 7.11. The van der Waals surface area contributed by atoms with E-state index < -0.39 is 19.8 Å². The number of halogens is 3. The van der Waals surface area contributed by atoms with Crippen LogP contribution in [0.3, 0.4) is 0 Å². The van der Waals surface area contributed by atoms with Crippen LogP contribution in [0.15, 0.2) is 39.4 Å². The summed E-state index contributed by atoms with van der Waals surface area (Å²) in [7, 11) is -2.10. The predicted molar refractivity (Wildman–Crippen MR) is 80.1 cm³/mol. The van der Waals surface area contributed by atoms with Gasteiger partial charge in [0.25, 0.3) is 0 Å². The van der Waals surface area contributed by atoms with E-state index in [-0.39, 0.29) is 5.58 Å². The molecule has 110 valence electrons. The Morgan fingerprint density at radius 2 is 1.95 bits per heavy atom. The quantitative estimate of drug-likeness (QED) is 0.670. The fourth-order valence-electron chi connectivity index (χ4n) is 2.11. The lowest BCUT2D eigenvalue weighted by Gasteiger charge is -2.15. The number of nitrogens with zero attached hydrogens (tertiary/aromatic N) is 1. The summed E-state index contributed by atoms with van der Waals surface area (Å²) < 4.78 is 43.8. The third-order valence-corrected chi connectivity index (χ3v) is 7.42. The molecule has 0 atom stereocenters. The molecule has 0 spiro atoms. The maximum atomic E-state index is 12.7. The molecule has 0 fully saturated rings. The van der Waals surface area contributed by atoms with Gasteiger partial charge >= 0.3 is 6.18 Å². The van der Waals surface area contributed by atoms with E-state index in [0.717, 1.165) is 17.3 Å². The second kappa shape index (κ2) is 4.71. The highest BCUT2D eigenvalue weighted by Crippen LogP contribution is 2.31. The van der Waals surface area contributed by atoms with Crippen molar-refractivity contribution in [3.05, 3.63) is 40.6 Å². The number of benzene rings is 1. The molecule has 7 heteroatoms. The number of oxazole rings is 1. The predicted octanol–water partition coefficient (Wildman–Crippen LogP) is 3.73. The van der Waals surface area contributed by atoms with Gasteiger partial charge in [-0.15, -0.1) is 0 Å². The normalized spacial score (nSPS) is 13.0. The first-order valence-electron chi connectivity index (χ1n) is 6.29. The van der Waals surface area contributed by atoms with Gasteiger partial charge in [-0.25, -0.2) is 4.98 Å². The van der Waals surface area contributed by atoms with Gasteiger partial charge in [-0.05, 0) is 34.1 Å². The summed E-state index contributed by atoms with van der Waals surface area (Å²) in [5.41, 5.74) is 0.493. The molecule has 0 amide bonds. The third-order valence-electron chi connectivity index (χ3n) is 3.49. The number of rotatable bonds is 2. The van der Waals surface area contributed by atoms with Crippen molar-refractivity contribution in [2.24, 2.45) is 0 Å². The number of aromatic nitrogens is 1. The molecule has 0 saturated carbocycles. The van der Waals surface area contributed by atoms with Crippen LogP contribution in [0.25, 0.3) is 11.1 Å². The number of hydrogen-bond acceptors (Lipinski definition) is 3. The van der Waals surface area contributed by atoms with Gasteiger partial charge in [0.15, 0.2) is 19.2 Å². The van der Waals surface area contributed by atoms with Gasteiger partial charge in [0.05, 0.1) is 5.56 Å². The van der Waals surface area contributed by atoms with Crippen LogP contribution in [0.5, 0.6) is 0 Å². The van der Waals surface area contributed by atoms with E-state index >= 15 is 0 Å². The van der Waals surface area contributed by atoms with Gasteiger partial charge < -0.3 is 4.42 Å². The number of hydrogen-bond donors (Lipinski definition) is 0. The summed E-state index contributed by atoms with van der Waals surface area (Å²) >= 11 is 1.59. The van der Waals surface area contributed by atoms with Crippen LogP contribution >= 0.6 is 11.3 Å². The maximum absolute atomic E-state index is 12.7. The standard InChI is InChI=1S/C14H12F3NOSSi/c1-21(2,10-5-6-20-8-10)13-18-11-4-3-9(14(15,16)17)7-12(11)19-13/h3-8H,1-2H3. The second-order valence-corrected chi connectivity index (χ2v) is 10.4. The minimum atomic E-state index is -4.37. The zero-order chi connectivity index (χ0) is 15.3. The van der Waals surface area contributed by atoms with Gasteiger partial charge in [0, 0.05) is 0 Å². The average molecular weight is 327 g/mol. The number of thiophene rings is 1. The monoisotopic (exact) mass is 327 g/mol. The van der Waals surface area contributed by atoms with Gasteiger partial charge in [-0.1, -0.05) is 19.2 Å². The summed E-state index contributed by atoms with van der Waals surface area (Å²) in [4.78, 5) is 4.40. The molecule has 0 unspecified atom stereocenters. The minimum absolute atomic E-state index is 0.190. The smallest absolute Gasteiger partial charge is 0.416 e. The molecule has 0 aliphatic carbocycles. The van der Waals surface area contributed by atoms with Crippen molar-refractivity contribution in [2.75, 3.05) is 0 Å². The Labute approximate surface area is 124 Å². The molecule has 0 bridgehead atoms. The molecule has 2 heterocycles. The summed E-state index contributed by atoms with van der Waals surface area (Å²) in [6.45, 7) is 4.15. The van der Waals surface area contributed by atoms with E-state index in [9.17, 15) is 13.2 Å². The maximum Gasteiger partial charge on any atom is 0.416 e. The summed E-state index contributed by atoms with van der Waals surface area (Å²) in [6, 6.07) is 5.44. The molecule has 3 aromatic rings. The molecule has 0 aliphatic rings. The molecular formula is C14H12F3NOSSi. The Hall–Kier alpha value is -1.60. The summed E-state index contributed by atoms with van der Waals surface area (Å²) in [5, 5.41) is 5.19. The lowest BCUT2D eigenvalue weighted by molar-refractivity contribution is -0.137. The lowest BCUT2D eigenvalue weighted by Crippen LogP contribution is -2.52. The highest BCUT2D eigenvalue weighted by atomic mass is 32.1. The third kappa shape index (κ3) is 2.51. The van der Waals surface area contributed by atoms with Crippen molar-refractivity contribution in [1.82, 2.24) is 4.98 Å². The largest absolute Gasteiger partial charge is 0.445 e. The average Bonchev–Trinajstić information content (AvgIpc) is 3.06. The van der Waals surface area contributed by atoms with Gasteiger partial charge in [-0.2, -0.15) is 24.5 Å². The zero-order valence-corrected chi connectivity index (χ0v) is 13.2. The Kier molecular flexibility index (Phi) is 3.21. The Morgan fingerprint density at radius 1 is 1.19 bits per heavy atom. The summed E-state index contributed by atoms with van der Waals surface area (Å²) in [6.07, 6.45) is -4.37. The van der Waals surface area contributed by atoms with E-state index in [0.29, 0.717) is 11.0 Å². The lowest BCUT2D eigenvalue weighted by atomic mass is 10.2. The molecule has 2 nitrogen and oxygen atoms in total. The van der Waals surface area contributed by atoms with Crippen molar-refractivity contribution in [3.8, 4) is 0 Å². The molecule has 3 rings (SSSR count). The van der Waals surface area contributed by atoms with E-state index in [1.165, 1.54) is 6.07 Å². The van der Waals surface area contributed by atoms with E-state index in [1.54, 1.807) is 11.3 Å². The van der Waals surface area contributed by atoms with Gasteiger partial charge in [-0.3, -0.25) is 0 Å². The van der Waals surface area contributed by atoms with Crippen LogP contribution in [0, 0.1) is 0 Å². The highest BCUT2D eigenvalue weighted by Gasteiger charge is 2.34. The first kappa shape index (κ1) is 14.3. The molecule has 2 aromatic heterocycles. The first-order chi connectivity index (χ1) is 9.78.